The summed E-state index contributed by atoms with van der Waals surface area (Å²) in [5, 5.41) is 1.92. The molecule has 1 saturated heterocycles. The zero-order valence-electron chi connectivity index (χ0n) is 8.14. The van der Waals surface area contributed by atoms with Crippen LogP contribution in [-0.2, 0) is 9.59 Å². The van der Waals surface area contributed by atoms with Gasteiger partial charge in [0, 0.05) is 5.02 Å². The van der Waals surface area contributed by atoms with Crippen LogP contribution in [0.1, 0.15) is 11.5 Å². The first-order valence-electron chi connectivity index (χ1n) is 4.55. The van der Waals surface area contributed by atoms with Gasteiger partial charge in [0.05, 0.1) is 16.0 Å². The van der Waals surface area contributed by atoms with Crippen LogP contribution in [0.15, 0.2) is 12.1 Å². The Morgan fingerprint density at radius 1 is 0.941 bits per heavy atom. The summed E-state index contributed by atoms with van der Waals surface area (Å²) in [6.45, 7) is 0. The summed E-state index contributed by atoms with van der Waals surface area (Å²) in [6.07, 6.45) is 0. The van der Waals surface area contributed by atoms with E-state index in [9.17, 15) is 9.59 Å². The maximum absolute atomic E-state index is 11.6. The van der Waals surface area contributed by atoms with Crippen molar-refractivity contribution in [2.75, 3.05) is 0 Å². The number of hydrogen-bond acceptors (Lipinski definition) is 2. The minimum atomic E-state index is -0.989. The average Bonchev–Trinajstić information content (AvgIpc) is 2.48. The van der Waals surface area contributed by atoms with E-state index in [1.807, 2.05) is 0 Å². The molecule has 0 saturated carbocycles. The summed E-state index contributed by atoms with van der Waals surface area (Å²) in [5.41, 5.74) is 0.393. The number of benzene rings is 1. The van der Waals surface area contributed by atoms with Crippen LogP contribution in [0.25, 0.3) is 0 Å². The molecule has 1 aromatic rings. The number of alkyl halides is 1. The van der Waals surface area contributed by atoms with E-state index in [4.69, 9.17) is 46.4 Å². The van der Waals surface area contributed by atoms with Crippen molar-refractivity contribution in [1.82, 2.24) is 5.32 Å². The van der Waals surface area contributed by atoms with E-state index in [-0.39, 0.29) is 15.1 Å². The second kappa shape index (κ2) is 4.65. The number of halogens is 4. The standard InChI is InChI=1S/C10H5Cl4NO2/c11-4-2-6(13)5(12)1-3(4)7-8(14)10(17)15-9(7)16/h1-2,7-8H,(H,15,16,17). The van der Waals surface area contributed by atoms with Gasteiger partial charge in [-0.1, -0.05) is 34.8 Å². The van der Waals surface area contributed by atoms with Crippen molar-refractivity contribution in [2.45, 2.75) is 11.3 Å². The second-order valence-corrected chi connectivity index (χ2v) is 5.21. The van der Waals surface area contributed by atoms with Crippen LogP contribution >= 0.6 is 46.4 Å². The molecular weight excluding hydrogens is 308 g/mol. The predicted octanol–water partition coefficient (Wildman–Crippen LogP) is 2.99. The van der Waals surface area contributed by atoms with Crippen LogP contribution in [-0.4, -0.2) is 17.2 Å². The molecule has 2 unspecified atom stereocenters. The zero-order valence-corrected chi connectivity index (χ0v) is 11.2. The van der Waals surface area contributed by atoms with E-state index in [1.54, 1.807) is 0 Å². The van der Waals surface area contributed by atoms with Gasteiger partial charge in [-0.2, -0.15) is 0 Å². The summed E-state index contributed by atoms with van der Waals surface area (Å²) in [5.74, 6) is -1.87. The largest absolute Gasteiger partial charge is 0.295 e. The normalized spacial score (nSPS) is 24.0. The lowest BCUT2D eigenvalue weighted by Gasteiger charge is -2.13. The molecule has 1 fully saturated rings. The van der Waals surface area contributed by atoms with Crippen molar-refractivity contribution in [1.29, 1.82) is 0 Å². The second-order valence-electron chi connectivity index (χ2n) is 3.52. The van der Waals surface area contributed by atoms with E-state index >= 15 is 0 Å². The van der Waals surface area contributed by atoms with Crippen LogP contribution in [0, 0.1) is 0 Å². The van der Waals surface area contributed by atoms with Gasteiger partial charge in [-0.3, -0.25) is 14.9 Å². The lowest BCUT2D eigenvalue weighted by molar-refractivity contribution is -0.125. The molecule has 0 radical (unpaired) electrons. The molecule has 1 aliphatic heterocycles. The van der Waals surface area contributed by atoms with Gasteiger partial charge in [0.2, 0.25) is 11.8 Å². The van der Waals surface area contributed by atoms with Gasteiger partial charge in [-0.15, -0.1) is 11.6 Å². The monoisotopic (exact) mass is 311 g/mol. The lowest BCUT2D eigenvalue weighted by Crippen LogP contribution is -2.22. The highest BCUT2D eigenvalue weighted by Crippen LogP contribution is 2.37. The summed E-state index contributed by atoms with van der Waals surface area (Å²) in [7, 11) is 0. The first-order valence-corrected chi connectivity index (χ1v) is 6.12. The quantitative estimate of drug-likeness (QED) is 0.492. The van der Waals surface area contributed by atoms with Crippen molar-refractivity contribution in [3.8, 4) is 0 Å². The van der Waals surface area contributed by atoms with Crippen molar-refractivity contribution < 1.29 is 9.59 Å². The zero-order chi connectivity index (χ0) is 12.7. The van der Waals surface area contributed by atoms with Crippen molar-refractivity contribution in [2.24, 2.45) is 0 Å². The summed E-state index contributed by atoms with van der Waals surface area (Å²) >= 11 is 23.4. The van der Waals surface area contributed by atoms with E-state index in [1.165, 1.54) is 12.1 Å². The number of amides is 2. The van der Waals surface area contributed by atoms with Crippen molar-refractivity contribution in [3.63, 3.8) is 0 Å². The Morgan fingerprint density at radius 2 is 1.53 bits per heavy atom. The minimum absolute atomic E-state index is 0.250. The Labute approximate surface area is 117 Å². The molecule has 0 spiro atoms. The van der Waals surface area contributed by atoms with Gasteiger partial charge in [0.25, 0.3) is 0 Å². The van der Waals surface area contributed by atoms with Crippen LogP contribution in [0.5, 0.6) is 0 Å². The summed E-state index contributed by atoms with van der Waals surface area (Å²) < 4.78 is 0. The molecule has 90 valence electrons. The predicted molar refractivity (Wildman–Crippen MR) is 67.0 cm³/mol. The number of carbonyl (C=O) groups is 2. The molecule has 1 N–H and O–H groups in total. The third-order valence-electron chi connectivity index (χ3n) is 2.45. The molecule has 1 aliphatic rings. The molecule has 0 aromatic heterocycles. The van der Waals surface area contributed by atoms with Crippen molar-refractivity contribution >= 4 is 58.2 Å². The summed E-state index contributed by atoms with van der Waals surface area (Å²) in [4.78, 5) is 22.9. The average molecular weight is 313 g/mol. The molecule has 2 rings (SSSR count). The Balaban J connectivity index is 2.51. The van der Waals surface area contributed by atoms with E-state index in [0.29, 0.717) is 5.56 Å². The number of hydrogen-bond donors (Lipinski definition) is 1. The maximum atomic E-state index is 11.6. The van der Waals surface area contributed by atoms with Crippen LogP contribution in [0.2, 0.25) is 15.1 Å². The molecule has 1 aromatic carbocycles. The highest BCUT2D eigenvalue weighted by molar-refractivity contribution is 6.44. The van der Waals surface area contributed by atoms with E-state index in [0.717, 1.165) is 0 Å². The molecule has 0 aliphatic carbocycles. The number of imide groups is 1. The molecule has 7 heteroatoms. The van der Waals surface area contributed by atoms with Crippen LogP contribution in [0.3, 0.4) is 0 Å². The van der Waals surface area contributed by atoms with Gasteiger partial charge in [0.1, 0.15) is 5.38 Å². The Morgan fingerprint density at radius 3 is 2.06 bits per heavy atom. The van der Waals surface area contributed by atoms with Gasteiger partial charge in [-0.25, -0.2) is 0 Å². The maximum Gasteiger partial charge on any atom is 0.245 e. The van der Waals surface area contributed by atoms with Gasteiger partial charge in [0.15, 0.2) is 0 Å². The van der Waals surface area contributed by atoms with Gasteiger partial charge >= 0.3 is 0 Å². The Bertz CT molecular complexity index is 517. The highest BCUT2D eigenvalue weighted by Gasteiger charge is 2.42. The Kier molecular flexibility index (Phi) is 3.55. The fourth-order valence-electron chi connectivity index (χ4n) is 1.63. The molecule has 3 nitrogen and oxygen atoms in total. The number of nitrogens with one attached hydrogen (secondary N) is 1. The minimum Gasteiger partial charge on any atom is -0.295 e. The van der Waals surface area contributed by atoms with Crippen molar-refractivity contribution in [3.05, 3.63) is 32.8 Å². The molecular formula is C10H5Cl4NO2. The third-order valence-corrected chi connectivity index (χ3v) is 3.95. The SMILES string of the molecule is O=C1NC(=O)C(c2cc(Cl)c(Cl)cc2Cl)C1Cl. The molecule has 17 heavy (non-hydrogen) atoms. The highest BCUT2D eigenvalue weighted by atomic mass is 35.5. The van der Waals surface area contributed by atoms with Gasteiger partial charge < -0.3 is 0 Å². The first-order chi connectivity index (χ1) is 7.91. The third kappa shape index (κ3) is 2.25. The molecule has 2 amide bonds. The number of carbonyl (C=O) groups excluding carboxylic acids is 2. The smallest absolute Gasteiger partial charge is 0.245 e. The molecule has 0 bridgehead atoms. The number of rotatable bonds is 1. The first kappa shape index (κ1) is 13.0. The summed E-state index contributed by atoms with van der Waals surface area (Å²) in [6, 6.07) is 2.87. The molecule has 2 atom stereocenters. The van der Waals surface area contributed by atoms with Crippen LogP contribution < -0.4 is 5.32 Å². The van der Waals surface area contributed by atoms with Gasteiger partial charge in [-0.05, 0) is 17.7 Å². The Hall–Kier alpha value is -0.480. The fraction of sp³-hybridized carbons (Fsp3) is 0.200. The van der Waals surface area contributed by atoms with E-state index < -0.39 is 23.1 Å². The topological polar surface area (TPSA) is 46.2 Å². The molecule has 1 heterocycles. The fourth-order valence-corrected chi connectivity index (χ4v) is 2.61. The lowest BCUT2D eigenvalue weighted by atomic mass is 9.97. The van der Waals surface area contributed by atoms with E-state index in [2.05, 4.69) is 5.32 Å². The van der Waals surface area contributed by atoms with Crippen LogP contribution in [0.4, 0.5) is 0 Å².